The number of thiazole rings is 1. The first kappa shape index (κ1) is 12.2. The van der Waals surface area contributed by atoms with Gasteiger partial charge >= 0.3 is 0 Å². The highest BCUT2D eigenvalue weighted by molar-refractivity contribution is 7.11. The van der Waals surface area contributed by atoms with Crippen LogP contribution in [-0.2, 0) is 19.4 Å². The van der Waals surface area contributed by atoms with Gasteiger partial charge in [-0.1, -0.05) is 12.1 Å². The van der Waals surface area contributed by atoms with Crippen LogP contribution >= 0.6 is 11.3 Å². The van der Waals surface area contributed by atoms with E-state index in [9.17, 15) is 0 Å². The maximum absolute atomic E-state index is 4.90. The fourth-order valence-corrected chi connectivity index (χ4v) is 2.28. The second kappa shape index (κ2) is 5.88. The Labute approximate surface area is 104 Å². The van der Waals surface area contributed by atoms with Crippen LogP contribution in [0.4, 0.5) is 0 Å². The Balaban J connectivity index is 1.69. The maximum Gasteiger partial charge on any atom is 0.223 e. The van der Waals surface area contributed by atoms with Crippen LogP contribution in [-0.4, -0.2) is 21.7 Å². The van der Waals surface area contributed by atoms with E-state index in [2.05, 4.69) is 27.4 Å². The lowest BCUT2D eigenvalue weighted by Crippen LogP contribution is -2.16. The van der Waals surface area contributed by atoms with Crippen LogP contribution in [0, 0.1) is 6.92 Å². The number of nitrogens with one attached hydrogen (secondary N) is 1. The molecule has 0 aliphatic rings. The normalized spacial score (nSPS) is 10.9. The number of hydrogen-bond acceptors (Lipinski definition) is 6. The summed E-state index contributed by atoms with van der Waals surface area (Å²) in [6, 6.07) is 0. The summed E-state index contributed by atoms with van der Waals surface area (Å²) in [6.45, 7) is 5.62. The van der Waals surface area contributed by atoms with Crippen molar-refractivity contribution < 1.29 is 4.52 Å². The van der Waals surface area contributed by atoms with Crippen molar-refractivity contribution in [2.24, 2.45) is 0 Å². The molecule has 0 unspecified atom stereocenters. The van der Waals surface area contributed by atoms with Crippen LogP contribution in [0.2, 0.25) is 0 Å². The third-order valence-electron chi connectivity index (χ3n) is 2.30. The summed E-state index contributed by atoms with van der Waals surface area (Å²) in [5.74, 6) is 1.38. The van der Waals surface area contributed by atoms with E-state index in [1.807, 2.05) is 6.20 Å². The number of hydrogen-bond donors (Lipinski definition) is 1. The molecule has 92 valence electrons. The Bertz CT molecular complexity index is 465. The van der Waals surface area contributed by atoms with Gasteiger partial charge in [-0.05, 0) is 6.42 Å². The molecule has 17 heavy (non-hydrogen) atoms. The third-order valence-corrected chi connectivity index (χ3v) is 3.44. The molecule has 1 N–H and O–H groups in total. The minimum atomic E-state index is 0.620. The Kier molecular flexibility index (Phi) is 4.22. The van der Waals surface area contributed by atoms with Crippen LogP contribution in [0.25, 0.3) is 0 Å². The molecule has 2 rings (SSSR count). The molecule has 0 fully saturated rings. The number of aryl methyl sites for hydroxylation is 2. The lowest BCUT2D eigenvalue weighted by molar-refractivity contribution is 0.387. The second-order valence-electron chi connectivity index (χ2n) is 3.73. The Morgan fingerprint density at radius 1 is 1.47 bits per heavy atom. The minimum Gasteiger partial charge on any atom is -0.340 e. The topological polar surface area (TPSA) is 63.8 Å². The first-order valence-electron chi connectivity index (χ1n) is 5.71. The predicted molar refractivity (Wildman–Crippen MR) is 65.9 cm³/mol. The number of aromatic nitrogens is 3. The van der Waals surface area contributed by atoms with E-state index >= 15 is 0 Å². The van der Waals surface area contributed by atoms with Crippen LogP contribution in [0.1, 0.15) is 28.5 Å². The smallest absolute Gasteiger partial charge is 0.223 e. The molecular formula is C11H16N4OS. The van der Waals surface area contributed by atoms with Crippen molar-refractivity contribution in [2.45, 2.75) is 33.2 Å². The molecule has 0 atom stereocenters. The van der Waals surface area contributed by atoms with E-state index in [-0.39, 0.29) is 0 Å². The average molecular weight is 252 g/mol. The zero-order chi connectivity index (χ0) is 12.1. The van der Waals surface area contributed by atoms with Gasteiger partial charge in [-0.2, -0.15) is 4.98 Å². The zero-order valence-corrected chi connectivity index (χ0v) is 10.9. The van der Waals surface area contributed by atoms with Crippen molar-refractivity contribution in [3.8, 4) is 0 Å². The van der Waals surface area contributed by atoms with E-state index < -0.39 is 0 Å². The summed E-state index contributed by atoms with van der Waals surface area (Å²) < 4.78 is 4.90. The van der Waals surface area contributed by atoms with Gasteiger partial charge in [-0.15, -0.1) is 11.3 Å². The Morgan fingerprint density at radius 2 is 2.35 bits per heavy atom. The fourth-order valence-electron chi connectivity index (χ4n) is 1.45. The number of rotatable bonds is 6. The molecule has 0 saturated carbocycles. The largest absolute Gasteiger partial charge is 0.340 e. The van der Waals surface area contributed by atoms with Gasteiger partial charge < -0.3 is 9.84 Å². The third kappa shape index (κ3) is 3.61. The van der Waals surface area contributed by atoms with Crippen molar-refractivity contribution >= 4 is 11.3 Å². The van der Waals surface area contributed by atoms with Crippen molar-refractivity contribution in [3.05, 3.63) is 27.8 Å². The van der Waals surface area contributed by atoms with Crippen molar-refractivity contribution in [1.29, 1.82) is 0 Å². The molecular weight excluding hydrogens is 236 g/mol. The molecule has 0 aliphatic carbocycles. The molecule has 2 aromatic heterocycles. The van der Waals surface area contributed by atoms with Crippen LogP contribution in [0.3, 0.4) is 0 Å². The summed E-state index contributed by atoms with van der Waals surface area (Å²) in [5.41, 5.74) is 0. The lowest BCUT2D eigenvalue weighted by Gasteiger charge is -1.99. The van der Waals surface area contributed by atoms with Gasteiger partial charge in [-0.25, -0.2) is 4.98 Å². The van der Waals surface area contributed by atoms with E-state index in [1.54, 1.807) is 18.3 Å². The molecule has 0 amide bonds. The van der Waals surface area contributed by atoms with Gasteiger partial charge in [0, 0.05) is 37.5 Å². The maximum atomic E-state index is 4.90. The second-order valence-corrected chi connectivity index (χ2v) is 4.93. The molecule has 0 aliphatic heterocycles. The van der Waals surface area contributed by atoms with Gasteiger partial charge in [0.2, 0.25) is 5.89 Å². The molecule has 5 nitrogen and oxygen atoms in total. The fraction of sp³-hybridized carbons (Fsp3) is 0.545. The summed E-state index contributed by atoms with van der Waals surface area (Å²) in [7, 11) is 0. The van der Waals surface area contributed by atoms with E-state index in [4.69, 9.17) is 4.52 Å². The first-order valence-corrected chi connectivity index (χ1v) is 6.53. The highest BCUT2D eigenvalue weighted by atomic mass is 32.1. The van der Waals surface area contributed by atoms with Gasteiger partial charge in [0.1, 0.15) is 0 Å². The van der Waals surface area contributed by atoms with Crippen molar-refractivity contribution in [1.82, 2.24) is 20.4 Å². The minimum absolute atomic E-state index is 0.620. The van der Waals surface area contributed by atoms with Crippen LogP contribution in [0.15, 0.2) is 10.7 Å². The van der Waals surface area contributed by atoms with Gasteiger partial charge in [0.25, 0.3) is 0 Å². The molecule has 2 aromatic rings. The van der Waals surface area contributed by atoms with Crippen molar-refractivity contribution in [3.63, 3.8) is 0 Å². The molecule has 0 radical (unpaired) electrons. The standard InChI is InChI=1S/C11H16N4OS/c1-3-11-13-7-9(17-11)6-12-5-4-10-14-8(2)16-15-10/h7,12H,3-6H2,1-2H3. The molecule has 0 aromatic carbocycles. The Morgan fingerprint density at radius 3 is 3.00 bits per heavy atom. The molecule has 0 saturated heterocycles. The molecule has 6 heteroatoms. The van der Waals surface area contributed by atoms with E-state index in [1.165, 1.54) is 9.88 Å². The van der Waals surface area contributed by atoms with Gasteiger partial charge in [0.05, 0.1) is 5.01 Å². The predicted octanol–water partition coefficient (Wildman–Crippen LogP) is 1.73. The van der Waals surface area contributed by atoms with E-state index in [0.717, 1.165) is 31.8 Å². The summed E-state index contributed by atoms with van der Waals surface area (Å²) in [6.07, 6.45) is 3.73. The van der Waals surface area contributed by atoms with Crippen molar-refractivity contribution in [2.75, 3.05) is 6.54 Å². The quantitative estimate of drug-likeness (QED) is 0.793. The summed E-state index contributed by atoms with van der Waals surface area (Å²) in [4.78, 5) is 9.73. The van der Waals surface area contributed by atoms with Crippen LogP contribution < -0.4 is 5.32 Å². The Hall–Kier alpha value is -1.27. The highest BCUT2D eigenvalue weighted by Gasteiger charge is 2.02. The van der Waals surface area contributed by atoms with E-state index in [0.29, 0.717) is 5.89 Å². The van der Waals surface area contributed by atoms with Gasteiger partial charge in [-0.3, -0.25) is 0 Å². The zero-order valence-electron chi connectivity index (χ0n) is 10.1. The number of nitrogens with zero attached hydrogens (tertiary/aromatic N) is 3. The summed E-state index contributed by atoms with van der Waals surface area (Å²) >= 11 is 1.76. The molecule has 2 heterocycles. The SMILES string of the molecule is CCc1ncc(CNCCc2noc(C)n2)s1. The molecule has 0 bridgehead atoms. The van der Waals surface area contributed by atoms with Crippen LogP contribution in [0.5, 0.6) is 0 Å². The average Bonchev–Trinajstić information content (AvgIpc) is 2.93. The first-order chi connectivity index (χ1) is 8.28. The summed E-state index contributed by atoms with van der Waals surface area (Å²) in [5, 5.41) is 8.38. The monoisotopic (exact) mass is 252 g/mol. The lowest BCUT2D eigenvalue weighted by atomic mass is 10.4. The highest BCUT2D eigenvalue weighted by Crippen LogP contribution is 2.12. The molecule has 0 spiro atoms. The van der Waals surface area contributed by atoms with Gasteiger partial charge in [0.15, 0.2) is 5.82 Å².